The molecule has 0 radical (unpaired) electrons. The van der Waals surface area contributed by atoms with Crippen LogP contribution in [0.4, 0.5) is 0 Å². The Balaban J connectivity index is 2.68. The van der Waals surface area contributed by atoms with Crippen LogP contribution >= 0.6 is 0 Å². The van der Waals surface area contributed by atoms with Crippen molar-refractivity contribution in [1.29, 1.82) is 0 Å². The highest BCUT2D eigenvalue weighted by atomic mass is 16.4. The molecule has 0 amide bonds. The van der Waals surface area contributed by atoms with Crippen molar-refractivity contribution < 1.29 is 15.0 Å². The lowest BCUT2D eigenvalue weighted by Gasteiger charge is -2.10. The molecular formula is C12H16O3. The summed E-state index contributed by atoms with van der Waals surface area (Å²) in [5.41, 5.74) is 3.28. The van der Waals surface area contributed by atoms with Crippen LogP contribution in [0, 0.1) is 13.8 Å². The van der Waals surface area contributed by atoms with Gasteiger partial charge in [0.15, 0.2) is 0 Å². The van der Waals surface area contributed by atoms with Crippen molar-refractivity contribution in [2.45, 2.75) is 32.8 Å². The number of benzene rings is 1. The summed E-state index contributed by atoms with van der Waals surface area (Å²) in [5, 5.41) is 18.0. The summed E-state index contributed by atoms with van der Waals surface area (Å²) < 4.78 is 0. The lowest BCUT2D eigenvalue weighted by Crippen LogP contribution is -2.16. The fraction of sp³-hybridized carbons (Fsp3) is 0.417. The Morgan fingerprint density at radius 1 is 1.40 bits per heavy atom. The highest BCUT2D eigenvalue weighted by Gasteiger charge is 2.11. The zero-order valence-corrected chi connectivity index (χ0v) is 9.03. The molecule has 15 heavy (non-hydrogen) atoms. The van der Waals surface area contributed by atoms with Gasteiger partial charge < -0.3 is 10.2 Å². The average Bonchev–Trinajstić information content (AvgIpc) is 2.08. The number of carboxylic acids is 1. The first-order chi connectivity index (χ1) is 6.99. The van der Waals surface area contributed by atoms with Crippen molar-refractivity contribution in [1.82, 2.24) is 0 Å². The molecule has 0 spiro atoms. The molecule has 82 valence electrons. The van der Waals surface area contributed by atoms with E-state index in [0.717, 1.165) is 11.1 Å². The maximum Gasteiger partial charge on any atom is 0.305 e. The molecule has 0 saturated heterocycles. The van der Waals surface area contributed by atoms with Crippen molar-refractivity contribution >= 4 is 5.97 Å². The van der Waals surface area contributed by atoms with Gasteiger partial charge in [-0.2, -0.15) is 0 Å². The second-order valence-corrected chi connectivity index (χ2v) is 3.89. The zero-order chi connectivity index (χ0) is 11.4. The van der Waals surface area contributed by atoms with Gasteiger partial charge in [0, 0.05) is 0 Å². The number of hydrogen-bond donors (Lipinski definition) is 2. The molecule has 0 bridgehead atoms. The van der Waals surface area contributed by atoms with E-state index in [1.54, 1.807) is 0 Å². The topological polar surface area (TPSA) is 57.5 Å². The highest BCUT2D eigenvalue weighted by Crippen LogP contribution is 2.13. The molecule has 0 aliphatic heterocycles. The molecule has 1 rings (SSSR count). The Kier molecular flexibility index (Phi) is 3.86. The van der Waals surface area contributed by atoms with Gasteiger partial charge in [0.2, 0.25) is 0 Å². The van der Waals surface area contributed by atoms with Crippen molar-refractivity contribution in [3.8, 4) is 0 Å². The molecule has 3 nitrogen and oxygen atoms in total. The molecule has 0 aromatic heterocycles. The van der Waals surface area contributed by atoms with Crippen LogP contribution in [0.5, 0.6) is 0 Å². The van der Waals surface area contributed by atoms with Crippen LogP contribution in [0.2, 0.25) is 0 Å². The quantitative estimate of drug-likeness (QED) is 0.791. The molecule has 1 aromatic rings. The average molecular weight is 208 g/mol. The van der Waals surface area contributed by atoms with Gasteiger partial charge in [-0.1, -0.05) is 23.8 Å². The van der Waals surface area contributed by atoms with Crippen LogP contribution in [0.15, 0.2) is 18.2 Å². The maximum absolute atomic E-state index is 10.4. The van der Waals surface area contributed by atoms with Crippen molar-refractivity contribution in [3.05, 3.63) is 34.9 Å². The minimum Gasteiger partial charge on any atom is -0.481 e. The molecule has 1 unspecified atom stereocenters. The normalized spacial score (nSPS) is 12.5. The summed E-state index contributed by atoms with van der Waals surface area (Å²) in [6.45, 7) is 3.97. The van der Waals surface area contributed by atoms with E-state index in [1.165, 1.54) is 5.56 Å². The molecule has 0 aliphatic rings. The third-order valence-electron chi connectivity index (χ3n) is 2.36. The minimum absolute atomic E-state index is 0.201. The fourth-order valence-electron chi connectivity index (χ4n) is 1.60. The van der Waals surface area contributed by atoms with Crippen LogP contribution < -0.4 is 0 Å². The second kappa shape index (κ2) is 4.94. The van der Waals surface area contributed by atoms with E-state index in [0.29, 0.717) is 6.42 Å². The maximum atomic E-state index is 10.4. The van der Waals surface area contributed by atoms with E-state index in [1.807, 2.05) is 32.0 Å². The number of rotatable bonds is 4. The summed E-state index contributed by atoms with van der Waals surface area (Å²) in [7, 11) is 0. The van der Waals surface area contributed by atoms with Gasteiger partial charge in [-0.3, -0.25) is 4.79 Å². The van der Waals surface area contributed by atoms with Gasteiger partial charge in [-0.15, -0.1) is 0 Å². The van der Waals surface area contributed by atoms with Crippen molar-refractivity contribution in [3.63, 3.8) is 0 Å². The predicted molar refractivity (Wildman–Crippen MR) is 57.9 cm³/mol. The number of aryl methyl sites for hydroxylation is 2. The SMILES string of the molecule is Cc1ccc(CC(O)CC(=O)O)c(C)c1. The molecule has 1 atom stereocenters. The first kappa shape index (κ1) is 11.7. The Bertz CT molecular complexity index is 358. The summed E-state index contributed by atoms with van der Waals surface area (Å²) in [4.78, 5) is 10.4. The third-order valence-corrected chi connectivity index (χ3v) is 2.36. The number of carboxylic acid groups (broad SMARTS) is 1. The van der Waals surface area contributed by atoms with Gasteiger partial charge in [0.1, 0.15) is 0 Å². The Morgan fingerprint density at radius 3 is 2.60 bits per heavy atom. The van der Waals surface area contributed by atoms with Gasteiger partial charge in [-0.25, -0.2) is 0 Å². The Labute approximate surface area is 89.4 Å². The van der Waals surface area contributed by atoms with Gasteiger partial charge in [0.05, 0.1) is 12.5 Å². The van der Waals surface area contributed by atoms with Crippen LogP contribution in [0.25, 0.3) is 0 Å². The summed E-state index contributed by atoms with van der Waals surface area (Å²) >= 11 is 0. The van der Waals surface area contributed by atoms with E-state index in [9.17, 15) is 9.90 Å². The smallest absolute Gasteiger partial charge is 0.305 e. The van der Waals surface area contributed by atoms with Crippen LogP contribution in [0.3, 0.4) is 0 Å². The monoisotopic (exact) mass is 208 g/mol. The van der Waals surface area contributed by atoms with Gasteiger partial charge >= 0.3 is 5.97 Å². The molecule has 0 fully saturated rings. The van der Waals surface area contributed by atoms with E-state index in [2.05, 4.69) is 0 Å². The number of aliphatic hydroxyl groups excluding tert-OH is 1. The van der Waals surface area contributed by atoms with Crippen LogP contribution in [-0.4, -0.2) is 22.3 Å². The molecule has 0 heterocycles. The third kappa shape index (κ3) is 3.72. The molecule has 0 saturated carbocycles. The predicted octanol–water partition coefficient (Wildman–Crippen LogP) is 1.68. The van der Waals surface area contributed by atoms with E-state index in [-0.39, 0.29) is 6.42 Å². The van der Waals surface area contributed by atoms with E-state index >= 15 is 0 Å². The molecular weight excluding hydrogens is 192 g/mol. The van der Waals surface area contributed by atoms with Crippen LogP contribution in [-0.2, 0) is 11.2 Å². The first-order valence-corrected chi connectivity index (χ1v) is 4.95. The molecule has 1 aromatic carbocycles. The number of carbonyl (C=O) groups is 1. The van der Waals surface area contributed by atoms with Gasteiger partial charge in [0.25, 0.3) is 0 Å². The molecule has 2 N–H and O–H groups in total. The highest BCUT2D eigenvalue weighted by molar-refractivity contribution is 5.67. The van der Waals surface area contributed by atoms with Gasteiger partial charge in [-0.05, 0) is 31.4 Å². The largest absolute Gasteiger partial charge is 0.481 e. The first-order valence-electron chi connectivity index (χ1n) is 4.95. The number of aliphatic carboxylic acids is 1. The summed E-state index contributed by atoms with van der Waals surface area (Å²) in [6, 6.07) is 5.94. The number of hydrogen-bond acceptors (Lipinski definition) is 2. The van der Waals surface area contributed by atoms with E-state index in [4.69, 9.17) is 5.11 Å². The van der Waals surface area contributed by atoms with Crippen molar-refractivity contribution in [2.24, 2.45) is 0 Å². The Morgan fingerprint density at radius 2 is 2.07 bits per heavy atom. The van der Waals surface area contributed by atoms with E-state index < -0.39 is 12.1 Å². The number of aliphatic hydroxyl groups is 1. The molecule has 3 heteroatoms. The fourth-order valence-corrected chi connectivity index (χ4v) is 1.60. The minimum atomic E-state index is -0.965. The molecule has 0 aliphatic carbocycles. The lowest BCUT2D eigenvalue weighted by molar-refractivity contribution is -0.139. The second-order valence-electron chi connectivity index (χ2n) is 3.89. The Hall–Kier alpha value is -1.35. The zero-order valence-electron chi connectivity index (χ0n) is 9.03. The standard InChI is InChI=1S/C12H16O3/c1-8-3-4-10(9(2)5-8)6-11(13)7-12(14)15/h3-5,11,13H,6-7H2,1-2H3,(H,14,15). The van der Waals surface area contributed by atoms with Crippen molar-refractivity contribution in [2.75, 3.05) is 0 Å². The summed E-state index contributed by atoms with van der Waals surface area (Å²) in [6.07, 6.45) is -0.602. The van der Waals surface area contributed by atoms with Crippen LogP contribution in [0.1, 0.15) is 23.1 Å². The summed E-state index contributed by atoms with van der Waals surface area (Å²) in [5.74, 6) is -0.965. The lowest BCUT2D eigenvalue weighted by atomic mass is 9.99.